The van der Waals surface area contributed by atoms with Gasteiger partial charge in [0.25, 0.3) is 5.56 Å². The van der Waals surface area contributed by atoms with Crippen molar-refractivity contribution in [1.29, 1.82) is 0 Å². The van der Waals surface area contributed by atoms with Gasteiger partial charge in [-0.25, -0.2) is 9.37 Å². The molecule has 4 heterocycles. The maximum absolute atomic E-state index is 14.8. The molecule has 2 aromatic heterocycles. The van der Waals surface area contributed by atoms with Gasteiger partial charge in [0.15, 0.2) is 6.29 Å². The van der Waals surface area contributed by atoms with Crippen LogP contribution < -0.4 is 10.9 Å². The van der Waals surface area contributed by atoms with E-state index in [1.54, 1.807) is 6.92 Å². The first-order valence-corrected chi connectivity index (χ1v) is 11.9. The molecule has 2 aliphatic heterocycles. The Morgan fingerprint density at radius 1 is 1.46 bits per heavy atom. The summed E-state index contributed by atoms with van der Waals surface area (Å²) >= 11 is 1.40. The highest BCUT2D eigenvalue weighted by molar-refractivity contribution is 7.99. The molecule has 11 heteroatoms. The zero-order chi connectivity index (χ0) is 25.0. The van der Waals surface area contributed by atoms with Crippen LogP contribution in [0.4, 0.5) is 4.39 Å². The van der Waals surface area contributed by atoms with Crippen LogP contribution in [0, 0.1) is 12.7 Å². The van der Waals surface area contributed by atoms with Crippen molar-refractivity contribution >= 4 is 34.9 Å². The number of carbonyl (C=O) groups is 2. The summed E-state index contributed by atoms with van der Waals surface area (Å²) in [7, 11) is 1.41. The van der Waals surface area contributed by atoms with E-state index in [2.05, 4.69) is 5.32 Å². The SMILES string of the molecule is COCc1c(C(O)C=O)cc2n(c1=O)Cc1c-2nc2cc(F)c(C)c3c2c1C(NC(=O)CO)CS3. The van der Waals surface area contributed by atoms with Gasteiger partial charge in [-0.05, 0) is 24.1 Å². The predicted molar refractivity (Wildman–Crippen MR) is 126 cm³/mol. The molecular weight excluding hydrogens is 477 g/mol. The van der Waals surface area contributed by atoms with Crippen LogP contribution in [-0.2, 0) is 27.5 Å². The van der Waals surface area contributed by atoms with E-state index in [1.165, 1.54) is 35.6 Å². The number of aliphatic hydroxyl groups excluding tert-OH is 2. The molecule has 5 rings (SSSR count). The lowest BCUT2D eigenvalue weighted by Gasteiger charge is -2.29. The summed E-state index contributed by atoms with van der Waals surface area (Å²) in [6.45, 7) is 1.05. The molecule has 0 fully saturated rings. The third kappa shape index (κ3) is 3.57. The van der Waals surface area contributed by atoms with E-state index in [4.69, 9.17) is 9.72 Å². The lowest BCUT2D eigenvalue weighted by molar-refractivity contribution is -0.124. The molecule has 0 radical (unpaired) electrons. The van der Waals surface area contributed by atoms with Crippen molar-refractivity contribution in [2.24, 2.45) is 0 Å². The third-order valence-corrected chi connectivity index (χ3v) is 7.81. The zero-order valence-electron chi connectivity index (χ0n) is 18.9. The zero-order valence-corrected chi connectivity index (χ0v) is 19.7. The van der Waals surface area contributed by atoms with Gasteiger partial charge in [-0.1, -0.05) is 0 Å². The Morgan fingerprint density at radius 3 is 2.91 bits per heavy atom. The fourth-order valence-electron chi connectivity index (χ4n) is 4.91. The number of nitrogens with one attached hydrogen (secondary N) is 1. The van der Waals surface area contributed by atoms with Gasteiger partial charge in [0.1, 0.15) is 18.5 Å². The van der Waals surface area contributed by atoms with Gasteiger partial charge < -0.3 is 29.6 Å². The Morgan fingerprint density at radius 2 is 2.23 bits per heavy atom. The molecule has 0 saturated carbocycles. The predicted octanol–water partition coefficient (Wildman–Crippen LogP) is 1.51. The lowest BCUT2D eigenvalue weighted by atomic mass is 9.93. The number of aldehydes is 1. The van der Waals surface area contributed by atoms with Crippen LogP contribution in [0.15, 0.2) is 21.8 Å². The van der Waals surface area contributed by atoms with Crippen molar-refractivity contribution in [2.75, 3.05) is 19.5 Å². The highest BCUT2D eigenvalue weighted by atomic mass is 32.2. The number of thioether (sulfide) groups is 1. The largest absolute Gasteiger partial charge is 0.387 e. The van der Waals surface area contributed by atoms with Gasteiger partial charge >= 0.3 is 0 Å². The maximum atomic E-state index is 14.8. The number of hydrogen-bond acceptors (Lipinski definition) is 8. The number of ether oxygens (including phenoxy) is 1. The molecule has 2 aliphatic rings. The van der Waals surface area contributed by atoms with E-state index in [-0.39, 0.29) is 24.3 Å². The van der Waals surface area contributed by atoms with Crippen LogP contribution in [0.2, 0.25) is 0 Å². The van der Waals surface area contributed by atoms with Gasteiger partial charge in [-0.2, -0.15) is 0 Å². The molecule has 182 valence electrons. The number of amides is 1. The fraction of sp³-hybridized carbons (Fsp3) is 0.333. The molecule has 2 unspecified atom stereocenters. The summed E-state index contributed by atoms with van der Waals surface area (Å²) < 4.78 is 21.4. The number of fused-ring (bicyclic) bond motifs is 4. The molecule has 3 N–H and O–H groups in total. The minimum absolute atomic E-state index is 0.0989. The van der Waals surface area contributed by atoms with Crippen molar-refractivity contribution in [3.8, 4) is 11.4 Å². The third-order valence-electron chi connectivity index (χ3n) is 6.51. The second-order valence-corrected chi connectivity index (χ2v) is 9.55. The molecular formula is C24H22FN3O6S. The van der Waals surface area contributed by atoms with Crippen LogP contribution in [0.5, 0.6) is 0 Å². The Balaban J connectivity index is 1.83. The molecule has 2 atom stereocenters. The summed E-state index contributed by atoms with van der Waals surface area (Å²) in [4.78, 5) is 42.3. The van der Waals surface area contributed by atoms with Gasteiger partial charge in [0, 0.05) is 45.9 Å². The monoisotopic (exact) mass is 499 g/mol. The number of pyridine rings is 2. The van der Waals surface area contributed by atoms with Gasteiger partial charge in [0.05, 0.1) is 36.1 Å². The molecule has 0 spiro atoms. The minimum atomic E-state index is -1.53. The number of halogens is 1. The van der Waals surface area contributed by atoms with E-state index in [0.29, 0.717) is 45.5 Å². The highest BCUT2D eigenvalue weighted by Crippen LogP contribution is 2.47. The summed E-state index contributed by atoms with van der Waals surface area (Å²) in [5.41, 5.74) is 2.89. The minimum Gasteiger partial charge on any atom is -0.387 e. The Bertz CT molecular complexity index is 1470. The number of carbonyl (C=O) groups excluding carboxylic acids is 2. The molecule has 0 bridgehead atoms. The quantitative estimate of drug-likeness (QED) is 0.340. The van der Waals surface area contributed by atoms with Crippen molar-refractivity contribution in [1.82, 2.24) is 14.9 Å². The standard InChI is InChI=1S/C24H22FN3O6S/c1-10-14(25)4-15-21-20(16(9-35-23(10)21)26-19(32)7-30)12-5-28-17(22(12)27-15)3-11(18(31)6-29)13(8-34-2)24(28)33/h3-4,6,16,18,30-31H,5,7-9H2,1-2H3,(H,26,32). The van der Waals surface area contributed by atoms with Gasteiger partial charge in [-0.3, -0.25) is 9.59 Å². The molecule has 0 aliphatic carbocycles. The van der Waals surface area contributed by atoms with Crippen LogP contribution in [-0.4, -0.2) is 51.4 Å². The van der Waals surface area contributed by atoms with Crippen LogP contribution in [0.1, 0.15) is 40.0 Å². The highest BCUT2D eigenvalue weighted by Gasteiger charge is 2.35. The number of benzene rings is 1. The second-order valence-electron chi connectivity index (χ2n) is 8.52. The van der Waals surface area contributed by atoms with Crippen LogP contribution >= 0.6 is 11.8 Å². The number of aromatic nitrogens is 2. The second kappa shape index (κ2) is 8.83. The van der Waals surface area contributed by atoms with Crippen molar-refractivity contribution in [3.63, 3.8) is 0 Å². The van der Waals surface area contributed by atoms with Crippen LogP contribution in [0.25, 0.3) is 22.3 Å². The van der Waals surface area contributed by atoms with E-state index >= 15 is 0 Å². The first kappa shape index (κ1) is 23.6. The van der Waals surface area contributed by atoms with E-state index < -0.39 is 36.0 Å². The molecule has 9 nitrogen and oxygen atoms in total. The van der Waals surface area contributed by atoms with Crippen molar-refractivity contribution in [2.45, 2.75) is 37.1 Å². The van der Waals surface area contributed by atoms with Gasteiger partial charge in [0.2, 0.25) is 5.91 Å². The van der Waals surface area contributed by atoms with Crippen molar-refractivity contribution < 1.29 is 28.9 Å². The first-order valence-electron chi connectivity index (χ1n) is 10.9. The molecule has 1 aromatic carbocycles. The average Bonchev–Trinajstić information content (AvgIpc) is 3.22. The Labute approximate surface area is 202 Å². The summed E-state index contributed by atoms with van der Waals surface area (Å²) in [6.07, 6.45) is -1.19. The number of hydrogen-bond donors (Lipinski definition) is 3. The number of aliphatic hydroxyl groups is 2. The van der Waals surface area contributed by atoms with E-state index in [0.717, 1.165) is 10.5 Å². The maximum Gasteiger partial charge on any atom is 0.257 e. The molecule has 1 amide bonds. The summed E-state index contributed by atoms with van der Waals surface area (Å²) in [5.74, 6) is -0.564. The summed E-state index contributed by atoms with van der Waals surface area (Å²) in [6, 6.07) is 2.37. The molecule has 3 aromatic rings. The molecule has 0 saturated heterocycles. The Hall–Kier alpha value is -3.12. The summed E-state index contributed by atoms with van der Waals surface area (Å²) in [5, 5.41) is 23.1. The number of methoxy groups -OCH3 is 1. The first-order chi connectivity index (χ1) is 16.8. The van der Waals surface area contributed by atoms with E-state index in [1.807, 2.05) is 0 Å². The number of rotatable bonds is 6. The van der Waals surface area contributed by atoms with Gasteiger partial charge in [-0.15, -0.1) is 11.8 Å². The average molecular weight is 500 g/mol. The smallest absolute Gasteiger partial charge is 0.257 e. The van der Waals surface area contributed by atoms with E-state index in [9.17, 15) is 29.0 Å². The normalized spacial score (nSPS) is 16.7. The Kier molecular flexibility index (Phi) is 5.96. The molecule has 35 heavy (non-hydrogen) atoms. The number of nitrogens with zero attached hydrogens (tertiary/aromatic N) is 2. The fourth-order valence-corrected chi connectivity index (χ4v) is 6.17. The topological polar surface area (TPSA) is 131 Å². The van der Waals surface area contributed by atoms with Crippen LogP contribution in [0.3, 0.4) is 0 Å². The lowest BCUT2D eigenvalue weighted by Crippen LogP contribution is -2.34. The van der Waals surface area contributed by atoms with Crippen molar-refractivity contribution in [3.05, 3.63) is 56.1 Å².